The normalized spacial score (nSPS) is 19.4. The first kappa shape index (κ1) is 28.3. The topological polar surface area (TPSA) is 204 Å². The van der Waals surface area contributed by atoms with Gasteiger partial charge >= 0.3 is 12.1 Å². The smallest absolute Gasteiger partial charge is 0.425 e. The van der Waals surface area contributed by atoms with Gasteiger partial charge in [0.1, 0.15) is 17.1 Å². The average molecular weight is 607 g/mol. The summed E-state index contributed by atoms with van der Waals surface area (Å²) in [6, 6.07) is -1.20. The van der Waals surface area contributed by atoms with Gasteiger partial charge in [-0.25, -0.2) is 9.48 Å². The zero-order valence-corrected chi connectivity index (χ0v) is 21.8. The molecular weight excluding hydrogens is 589 g/mol. The van der Waals surface area contributed by atoms with Crippen LogP contribution in [-0.2, 0) is 25.8 Å². The number of nitrogens with two attached hydrogens (primary N) is 1. The van der Waals surface area contributed by atoms with Gasteiger partial charge in [-0.2, -0.15) is 22.5 Å². The van der Waals surface area contributed by atoms with Gasteiger partial charge in [-0.3, -0.25) is 14.5 Å². The number of nitrogens with zero attached hydrogens (tertiary/aromatic N) is 8. The number of β-lactam (4-membered cyclic amide) rings is 1. The van der Waals surface area contributed by atoms with Crippen molar-refractivity contribution in [2.45, 2.75) is 29.3 Å². The molecule has 2 amide bonds. The van der Waals surface area contributed by atoms with E-state index < -0.39 is 53.5 Å². The Morgan fingerprint density at radius 3 is 2.82 bits per heavy atom. The van der Waals surface area contributed by atoms with Crippen molar-refractivity contribution in [2.75, 3.05) is 23.8 Å². The van der Waals surface area contributed by atoms with Crippen LogP contribution in [0.15, 0.2) is 34.2 Å². The molecule has 2 aliphatic rings. The first-order valence-corrected chi connectivity index (χ1v) is 13.4. The van der Waals surface area contributed by atoms with Crippen LogP contribution in [-0.4, -0.2) is 98.8 Å². The second kappa shape index (κ2) is 11.6. The number of rotatable bonds is 11. The lowest BCUT2D eigenvalue weighted by atomic mass is 10.0. The number of tetrazole rings is 1. The predicted octanol–water partition coefficient (Wildman–Crippen LogP) is 0.107. The first-order chi connectivity index (χ1) is 18.5. The molecular formula is C18H17F3N10O5S3. The summed E-state index contributed by atoms with van der Waals surface area (Å²) in [5, 5.41) is 26.2. The number of hydrogen-bond donors (Lipinski definition) is 3. The molecule has 0 aliphatic carbocycles. The molecule has 2 aromatic rings. The highest BCUT2D eigenvalue weighted by atomic mass is 32.2. The minimum absolute atomic E-state index is 0.0878. The Morgan fingerprint density at radius 2 is 2.18 bits per heavy atom. The molecule has 0 saturated carbocycles. The van der Waals surface area contributed by atoms with Crippen LogP contribution in [0.1, 0.15) is 5.82 Å². The van der Waals surface area contributed by atoms with Crippen molar-refractivity contribution >= 4 is 63.7 Å². The Kier molecular flexibility index (Phi) is 8.39. The van der Waals surface area contributed by atoms with Gasteiger partial charge in [0.05, 0.1) is 6.54 Å². The standard InChI is InChI=1S/C18H17F3N10O5S3/c1-2-3-30-17(25-28-29-30)38-5-7-4-37-14-9(13(33)31(14)10(7)15(34)35)23-12(32)8(11-24-16(22)39-27-11)26-36-6-18(19,20)21/h2,9,14H,1,3-6H2,(H,23,32)(H,34,35)(H2,22,24,27)/b26-8+/t9?,14-/m1/s1. The number of nitrogen functional groups attached to an aromatic ring is 1. The zero-order chi connectivity index (χ0) is 28.3. The van der Waals surface area contributed by atoms with E-state index in [-0.39, 0.29) is 22.3 Å². The minimum atomic E-state index is -4.73. The second-order valence-electron chi connectivity index (χ2n) is 7.62. The van der Waals surface area contributed by atoms with Gasteiger partial charge in [0.25, 0.3) is 11.8 Å². The molecule has 0 bridgehead atoms. The van der Waals surface area contributed by atoms with Crippen molar-refractivity contribution in [3.05, 3.63) is 29.7 Å². The maximum Gasteiger partial charge on any atom is 0.425 e. The number of nitrogens with one attached hydrogen (secondary N) is 1. The molecule has 1 saturated heterocycles. The van der Waals surface area contributed by atoms with E-state index in [0.717, 1.165) is 4.90 Å². The van der Waals surface area contributed by atoms with Crippen LogP contribution in [0.3, 0.4) is 0 Å². The van der Waals surface area contributed by atoms with Crippen LogP contribution in [0.2, 0.25) is 0 Å². The summed E-state index contributed by atoms with van der Waals surface area (Å²) in [6.45, 7) is 2.17. The number of aliphatic carboxylic acids is 1. The van der Waals surface area contributed by atoms with E-state index in [0.29, 0.717) is 28.8 Å². The van der Waals surface area contributed by atoms with E-state index in [1.807, 2.05) is 0 Å². The van der Waals surface area contributed by atoms with Gasteiger partial charge in [0.15, 0.2) is 5.13 Å². The molecule has 2 atom stereocenters. The summed E-state index contributed by atoms with van der Waals surface area (Å²) >= 11 is 3.03. The fraction of sp³-hybridized carbons (Fsp3) is 0.389. The first-order valence-electron chi connectivity index (χ1n) is 10.6. The molecule has 208 valence electrons. The number of amides is 2. The van der Waals surface area contributed by atoms with E-state index in [4.69, 9.17) is 5.73 Å². The molecule has 4 N–H and O–H groups in total. The number of carbonyl (C=O) groups excluding carboxylic acids is 2. The number of carboxylic acid groups (broad SMARTS) is 1. The summed E-state index contributed by atoms with van der Waals surface area (Å²) in [5.74, 6) is -3.21. The minimum Gasteiger partial charge on any atom is -0.477 e. The SMILES string of the molecule is C=CCn1nnnc1SCC1=C(C(=O)O)N2C(=O)C(NC(=O)/C(=N/OCC(F)(F)F)c3nsc(N)n3)[C@H]2SC1. The second-order valence-corrected chi connectivity index (χ2v) is 10.5. The number of alkyl halides is 3. The lowest BCUT2D eigenvalue weighted by Gasteiger charge is -2.49. The molecule has 1 unspecified atom stereocenters. The van der Waals surface area contributed by atoms with Crippen molar-refractivity contribution in [1.82, 2.24) is 39.8 Å². The molecule has 0 aromatic carbocycles. The number of carbonyl (C=O) groups is 3. The quantitative estimate of drug-likeness (QED) is 0.102. The van der Waals surface area contributed by atoms with Gasteiger partial charge < -0.3 is 21.0 Å². The largest absolute Gasteiger partial charge is 0.477 e. The Balaban J connectivity index is 1.48. The lowest BCUT2D eigenvalue weighted by molar-refractivity contribution is -0.174. The van der Waals surface area contributed by atoms with Gasteiger partial charge in [-0.1, -0.05) is 23.0 Å². The number of allylic oxidation sites excluding steroid dienone is 1. The van der Waals surface area contributed by atoms with Crippen molar-refractivity contribution < 1.29 is 37.5 Å². The Morgan fingerprint density at radius 1 is 1.41 bits per heavy atom. The van der Waals surface area contributed by atoms with Gasteiger partial charge in [-0.05, 0) is 16.0 Å². The zero-order valence-electron chi connectivity index (χ0n) is 19.4. The molecule has 39 heavy (non-hydrogen) atoms. The Hall–Kier alpha value is -3.72. The van der Waals surface area contributed by atoms with Gasteiger partial charge in [0.2, 0.25) is 23.3 Å². The van der Waals surface area contributed by atoms with Crippen LogP contribution < -0.4 is 11.1 Å². The highest BCUT2D eigenvalue weighted by molar-refractivity contribution is 8.01. The molecule has 4 heterocycles. The molecule has 4 rings (SSSR count). The van der Waals surface area contributed by atoms with Gasteiger partial charge in [-0.15, -0.1) is 23.4 Å². The molecule has 2 aromatic heterocycles. The average Bonchev–Trinajstić information content (AvgIpc) is 3.51. The maximum absolute atomic E-state index is 12.9. The van der Waals surface area contributed by atoms with E-state index in [9.17, 15) is 32.7 Å². The number of aromatic nitrogens is 6. The number of hydrogen-bond acceptors (Lipinski definition) is 14. The molecule has 2 aliphatic heterocycles. The highest BCUT2D eigenvalue weighted by Gasteiger charge is 2.54. The fourth-order valence-electron chi connectivity index (χ4n) is 3.38. The van der Waals surface area contributed by atoms with Crippen LogP contribution in [0.4, 0.5) is 18.3 Å². The fourth-order valence-corrected chi connectivity index (χ4v) is 6.18. The molecule has 15 nitrogen and oxygen atoms in total. The molecule has 0 spiro atoms. The number of carboxylic acids is 1. The van der Waals surface area contributed by atoms with Crippen LogP contribution in [0.5, 0.6) is 0 Å². The molecule has 1 fully saturated rings. The van der Waals surface area contributed by atoms with Crippen molar-refractivity contribution in [1.29, 1.82) is 0 Å². The summed E-state index contributed by atoms with van der Waals surface area (Å²) in [6.07, 6.45) is -3.13. The van der Waals surface area contributed by atoms with Crippen molar-refractivity contribution in [3.8, 4) is 0 Å². The van der Waals surface area contributed by atoms with Crippen LogP contribution >= 0.6 is 35.1 Å². The van der Waals surface area contributed by atoms with E-state index in [1.165, 1.54) is 28.2 Å². The van der Waals surface area contributed by atoms with Crippen molar-refractivity contribution in [2.24, 2.45) is 5.16 Å². The lowest BCUT2D eigenvalue weighted by Crippen LogP contribution is -2.71. The molecule has 21 heteroatoms. The summed E-state index contributed by atoms with van der Waals surface area (Å²) in [4.78, 5) is 46.9. The summed E-state index contributed by atoms with van der Waals surface area (Å²) in [7, 11) is 0. The van der Waals surface area contributed by atoms with Crippen molar-refractivity contribution in [3.63, 3.8) is 0 Å². The monoisotopic (exact) mass is 606 g/mol. The number of anilines is 1. The number of thioether (sulfide) groups is 2. The van der Waals surface area contributed by atoms with Gasteiger partial charge in [0, 0.05) is 23.0 Å². The number of halogens is 3. The third kappa shape index (κ3) is 6.30. The Labute approximate surface area is 228 Å². The third-order valence-electron chi connectivity index (χ3n) is 4.97. The Bertz CT molecular complexity index is 1360. The van der Waals surface area contributed by atoms with E-state index >= 15 is 0 Å². The predicted molar refractivity (Wildman–Crippen MR) is 131 cm³/mol. The third-order valence-corrected chi connectivity index (χ3v) is 7.89. The highest BCUT2D eigenvalue weighted by Crippen LogP contribution is 2.41. The summed E-state index contributed by atoms with van der Waals surface area (Å²) in [5.41, 5.74) is 4.96. The maximum atomic E-state index is 12.9. The number of oxime groups is 1. The number of fused-ring (bicyclic) bond motifs is 1. The molecule has 0 radical (unpaired) electrons. The summed E-state index contributed by atoms with van der Waals surface area (Å²) < 4.78 is 42.7. The van der Waals surface area contributed by atoms with Crippen LogP contribution in [0.25, 0.3) is 0 Å². The van der Waals surface area contributed by atoms with E-state index in [2.05, 4.69) is 46.8 Å². The van der Waals surface area contributed by atoms with E-state index in [1.54, 1.807) is 6.08 Å². The van der Waals surface area contributed by atoms with Crippen LogP contribution in [0, 0.1) is 0 Å².